The van der Waals surface area contributed by atoms with Crippen LogP contribution in [0.25, 0.3) is 0 Å². The fourth-order valence-electron chi connectivity index (χ4n) is 5.27. The maximum atomic E-state index is 12.2. The van der Waals surface area contributed by atoms with Crippen molar-refractivity contribution >= 4 is 5.78 Å². The fourth-order valence-corrected chi connectivity index (χ4v) is 5.27. The van der Waals surface area contributed by atoms with Gasteiger partial charge in [0.1, 0.15) is 0 Å². The molecular weight excluding hydrogens is 404 g/mol. The molecule has 4 rings (SSSR count). The third kappa shape index (κ3) is 7.84. The zero-order chi connectivity index (χ0) is 23.6. The first kappa shape index (κ1) is 25.2. The van der Waals surface area contributed by atoms with Crippen LogP contribution >= 0.6 is 0 Å². The largest absolute Gasteiger partial charge is 0.374 e. The van der Waals surface area contributed by atoms with Crippen LogP contribution in [-0.2, 0) is 6.42 Å². The lowest BCUT2D eigenvalue weighted by molar-refractivity contribution is 0.104. The first-order chi connectivity index (χ1) is 16.0. The molecule has 2 fully saturated rings. The molecule has 1 aliphatic heterocycles. The van der Waals surface area contributed by atoms with E-state index >= 15 is 0 Å². The second-order valence-electron chi connectivity index (χ2n) is 10.1. The highest BCUT2D eigenvalue weighted by Gasteiger charge is 2.25. The number of hydrogen-bond acceptors (Lipinski definition) is 3. The molecule has 0 amide bonds. The third-order valence-electron chi connectivity index (χ3n) is 7.13. The van der Waals surface area contributed by atoms with E-state index in [1.165, 1.54) is 50.6 Å². The molecule has 0 spiro atoms. The Hall–Kier alpha value is -2.42. The fraction of sp³-hybridized carbons (Fsp3) is 0.533. The van der Waals surface area contributed by atoms with Crippen LogP contribution in [0.1, 0.15) is 86.1 Å². The van der Waals surface area contributed by atoms with E-state index in [1.807, 2.05) is 37.4 Å². The van der Waals surface area contributed by atoms with E-state index in [0.717, 1.165) is 41.6 Å². The summed E-state index contributed by atoms with van der Waals surface area (Å²) in [7, 11) is 0. The van der Waals surface area contributed by atoms with Crippen LogP contribution < -0.4 is 0 Å². The van der Waals surface area contributed by atoms with Gasteiger partial charge < -0.3 is 4.90 Å². The van der Waals surface area contributed by atoms with E-state index in [1.54, 1.807) is 6.08 Å². The molecule has 2 heterocycles. The summed E-state index contributed by atoms with van der Waals surface area (Å²) in [6, 6.07) is 14.7. The second kappa shape index (κ2) is 12.7. The average Bonchev–Trinajstić information content (AvgIpc) is 3.18. The quantitative estimate of drug-likeness (QED) is 0.344. The Labute approximate surface area is 201 Å². The monoisotopic (exact) mass is 446 g/mol. The summed E-state index contributed by atoms with van der Waals surface area (Å²) < 4.78 is 0. The molecule has 178 valence electrons. The molecule has 0 N–H and O–H groups in total. The Morgan fingerprint density at radius 1 is 1.06 bits per heavy atom. The molecule has 2 atom stereocenters. The normalized spacial score (nSPS) is 21.2. The van der Waals surface area contributed by atoms with E-state index in [0.29, 0.717) is 6.04 Å². The number of aryl methyl sites for hydroxylation is 2. The van der Waals surface area contributed by atoms with Crippen molar-refractivity contribution in [3.8, 4) is 0 Å². The van der Waals surface area contributed by atoms with Gasteiger partial charge in [0, 0.05) is 41.8 Å². The van der Waals surface area contributed by atoms with Crippen LogP contribution in [0.15, 0.2) is 54.7 Å². The number of pyridine rings is 1. The molecule has 1 aromatic carbocycles. The molecular formula is C30H42N2O. The molecule has 2 aliphatic rings. The van der Waals surface area contributed by atoms with Gasteiger partial charge in [-0.25, -0.2) is 0 Å². The van der Waals surface area contributed by atoms with E-state index in [2.05, 4.69) is 48.9 Å². The molecule has 3 heteroatoms. The highest BCUT2D eigenvalue weighted by molar-refractivity contribution is 6.05. The highest BCUT2D eigenvalue weighted by Crippen LogP contribution is 2.26. The van der Waals surface area contributed by atoms with Crippen molar-refractivity contribution in [3.63, 3.8) is 0 Å². The molecule has 33 heavy (non-hydrogen) atoms. The SMILES string of the molecule is CCC1CC(C)CN1/C=C/C(=O)c1ccccc1C.Cc1cccc(CC2CCCCC2)n1. The minimum absolute atomic E-state index is 0.104. The summed E-state index contributed by atoms with van der Waals surface area (Å²) in [6.07, 6.45) is 14.4. The number of nitrogens with zero attached hydrogens (tertiary/aromatic N) is 2. The number of hydrogen-bond donors (Lipinski definition) is 0. The van der Waals surface area contributed by atoms with Gasteiger partial charge in [-0.1, -0.05) is 76.3 Å². The van der Waals surface area contributed by atoms with Crippen LogP contribution in [0.5, 0.6) is 0 Å². The summed E-state index contributed by atoms with van der Waals surface area (Å²) in [5.41, 5.74) is 4.29. The lowest BCUT2D eigenvalue weighted by atomic mass is 9.86. The average molecular weight is 447 g/mol. The van der Waals surface area contributed by atoms with E-state index in [9.17, 15) is 4.79 Å². The summed E-state index contributed by atoms with van der Waals surface area (Å²) in [4.78, 5) is 19.1. The lowest BCUT2D eigenvalue weighted by Gasteiger charge is -2.21. The molecule has 3 nitrogen and oxygen atoms in total. The summed E-state index contributed by atoms with van der Waals surface area (Å²) in [6.45, 7) is 9.61. The molecule has 0 bridgehead atoms. The Balaban J connectivity index is 0.000000194. The van der Waals surface area contributed by atoms with Crippen molar-refractivity contribution in [2.75, 3.05) is 6.54 Å². The third-order valence-corrected chi connectivity index (χ3v) is 7.13. The van der Waals surface area contributed by atoms with Crippen LogP contribution in [0.4, 0.5) is 0 Å². The lowest BCUT2D eigenvalue weighted by Crippen LogP contribution is -2.23. The van der Waals surface area contributed by atoms with Crippen molar-refractivity contribution < 1.29 is 4.79 Å². The van der Waals surface area contributed by atoms with Crippen molar-refractivity contribution in [2.24, 2.45) is 11.8 Å². The summed E-state index contributed by atoms with van der Waals surface area (Å²) in [5, 5.41) is 0. The standard InChI is InChI=1S/C17H23NO.C13H19N/c1-4-15-11-13(2)12-18(15)10-9-17(19)16-8-6-5-7-14(16)3;1-11-6-5-9-13(14-11)10-12-7-3-2-4-8-12/h5-10,13,15H,4,11-12H2,1-3H3;5-6,9,12H,2-4,7-8,10H2,1H3/b10-9+;. The minimum atomic E-state index is 0.104. The van der Waals surface area contributed by atoms with Crippen LogP contribution in [0, 0.1) is 25.7 Å². The molecule has 2 aromatic rings. The maximum absolute atomic E-state index is 12.2. The number of allylic oxidation sites excluding steroid dienone is 1. The van der Waals surface area contributed by atoms with E-state index in [4.69, 9.17) is 0 Å². The van der Waals surface area contributed by atoms with Gasteiger partial charge in [0.05, 0.1) is 0 Å². The number of aromatic nitrogens is 1. The van der Waals surface area contributed by atoms with E-state index < -0.39 is 0 Å². The van der Waals surface area contributed by atoms with Gasteiger partial charge in [-0.3, -0.25) is 9.78 Å². The van der Waals surface area contributed by atoms with Crippen LogP contribution in [0.2, 0.25) is 0 Å². The summed E-state index contributed by atoms with van der Waals surface area (Å²) in [5.74, 6) is 1.73. The molecule has 0 radical (unpaired) electrons. The Morgan fingerprint density at radius 2 is 1.82 bits per heavy atom. The van der Waals surface area contributed by atoms with Gasteiger partial charge in [-0.2, -0.15) is 0 Å². The number of likely N-dealkylation sites (tertiary alicyclic amines) is 1. The molecule has 1 aromatic heterocycles. The van der Waals surface area contributed by atoms with Gasteiger partial charge >= 0.3 is 0 Å². The van der Waals surface area contributed by atoms with Gasteiger partial charge in [0.15, 0.2) is 5.78 Å². The van der Waals surface area contributed by atoms with Gasteiger partial charge in [-0.05, 0) is 62.6 Å². The number of benzene rings is 1. The highest BCUT2D eigenvalue weighted by atomic mass is 16.1. The Kier molecular flexibility index (Phi) is 9.72. The van der Waals surface area contributed by atoms with Crippen LogP contribution in [0.3, 0.4) is 0 Å². The van der Waals surface area contributed by atoms with Crippen molar-refractivity contribution in [1.82, 2.24) is 9.88 Å². The number of ketones is 1. The number of carbonyl (C=O) groups excluding carboxylic acids is 1. The van der Waals surface area contributed by atoms with Gasteiger partial charge in [0.2, 0.25) is 0 Å². The molecule has 1 saturated carbocycles. The van der Waals surface area contributed by atoms with Gasteiger partial charge in [0.25, 0.3) is 0 Å². The van der Waals surface area contributed by atoms with Crippen LogP contribution in [-0.4, -0.2) is 28.3 Å². The molecule has 1 saturated heterocycles. The Bertz CT molecular complexity index is 913. The first-order valence-electron chi connectivity index (χ1n) is 12.9. The number of rotatable bonds is 6. The predicted octanol–water partition coefficient (Wildman–Crippen LogP) is 7.32. The smallest absolute Gasteiger partial charge is 0.187 e. The molecule has 1 aliphatic carbocycles. The van der Waals surface area contributed by atoms with Crippen molar-refractivity contribution in [1.29, 1.82) is 0 Å². The van der Waals surface area contributed by atoms with Crippen molar-refractivity contribution in [3.05, 3.63) is 77.3 Å². The Morgan fingerprint density at radius 3 is 2.52 bits per heavy atom. The zero-order valence-corrected chi connectivity index (χ0v) is 21.1. The van der Waals surface area contributed by atoms with Crippen molar-refractivity contribution in [2.45, 2.75) is 85.1 Å². The topological polar surface area (TPSA) is 33.2 Å². The number of carbonyl (C=O) groups is 1. The first-order valence-corrected chi connectivity index (χ1v) is 12.9. The predicted molar refractivity (Wildman–Crippen MR) is 138 cm³/mol. The molecule has 2 unspecified atom stereocenters. The second-order valence-corrected chi connectivity index (χ2v) is 10.1. The van der Waals surface area contributed by atoms with Gasteiger partial charge in [-0.15, -0.1) is 0 Å². The zero-order valence-electron chi connectivity index (χ0n) is 21.1. The minimum Gasteiger partial charge on any atom is -0.374 e. The summed E-state index contributed by atoms with van der Waals surface area (Å²) >= 11 is 0. The maximum Gasteiger partial charge on any atom is 0.187 e. The van der Waals surface area contributed by atoms with E-state index in [-0.39, 0.29) is 5.78 Å².